The van der Waals surface area contributed by atoms with E-state index in [1.807, 2.05) is 30.3 Å². The summed E-state index contributed by atoms with van der Waals surface area (Å²) >= 11 is 0. The topological polar surface area (TPSA) is 58.6 Å². The maximum Gasteiger partial charge on any atom is 0.325 e. The second-order valence-corrected chi connectivity index (χ2v) is 6.16. The quantitative estimate of drug-likeness (QED) is 0.636. The van der Waals surface area contributed by atoms with E-state index in [4.69, 9.17) is 4.74 Å². The van der Waals surface area contributed by atoms with Crippen LogP contribution in [0.15, 0.2) is 48.5 Å². The molecule has 1 heterocycles. The predicted octanol–water partition coefficient (Wildman–Crippen LogP) is 3.20. The lowest BCUT2D eigenvalue weighted by Crippen LogP contribution is -2.41. The van der Waals surface area contributed by atoms with Crippen LogP contribution in [0.4, 0.5) is 13.6 Å². The number of hydrogen-bond donors (Lipinski definition) is 1. The van der Waals surface area contributed by atoms with Crippen molar-refractivity contribution in [2.45, 2.75) is 18.9 Å². The summed E-state index contributed by atoms with van der Waals surface area (Å²) in [7, 11) is 0. The predicted molar refractivity (Wildman–Crippen MR) is 90.5 cm³/mol. The Morgan fingerprint density at radius 3 is 2.50 bits per heavy atom. The molecule has 1 atom stereocenters. The molecule has 1 fully saturated rings. The van der Waals surface area contributed by atoms with Crippen molar-refractivity contribution in [2.24, 2.45) is 0 Å². The minimum Gasteiger partial charge on any atom is -0.494 e. The van der Waals surface area contributed by atoms with E-state index in [1.165, 1.54) is 13.0 Å². The Balaban J connectivity index is 1.63. The number of carbonyl (C=O) groups excluding carboxylic acids is 2. The van der Waals surface area contributed by atoms with E-state index in [2.05, 4.69) is 5.32 Å². The van der Waals surface area contributed by atoms with E-state index in [0.717, 1.165) is 17.0 Å². The summed E-state index contributed by atoms with van der Waals surface area (Å²) in [6.45, 7) is 1.97. The molecular weight excluding hydrogens is 342 g/mol. The lowest BCUT2D eigenvalue weighted by molar-refractivity contribution is -0.131. The third-order valence-corrected chi connectivity index (χ3v) is 4.31. The maximum absolute atomic E-state index is 13.5. The SMILES string of the molecule is CC1(c2ccc(F)c(F)c2)NC(=O)N(CCCOc2ccccc2)C1=O. The average Bonchev–Trinajstić information content (AvgIpc) is 2.85. The third-order valence-electron chi connectivity index (χ3n) is 4.31. The van der Waals surface area contributed by atoms with Crippen molar-refractivity contribution in [1.82, 2.24) is 10.2 Å². The lowest BCUT2D eigenvalue weighted by Gasteiger charge is -2.22. The highest BCUT2D eigenvalue weighted by Gasteiger charge is 2.48. The lowest BCUT2D eigenvalue weighted by atomic mass is 9.92. The molecule has 0 spiro atoms. The van der Waals surface area contributed by atoms with E-state index in [0.29, 0.717) is 18.8 Å². The zero-order valence-corrected chi connectivity index (χ0v) is 14.2. The number of hydrogen-bond acceptors (Lipinski definition) is 3. The Morgan fingerprint density at radius 1 is 1.08 bits per heavy atom. The molecule has 0 radical (unpaired) electrons. The summed E-state index contributed by atoms with van der Waals surface area (Å²) in [4.78, 5) is 25.9. The molecule has 26 heavy (non-hydrogen) atoms. The number of halogens is 2. The molecule has 1 N–H and O–H groups in total. The molecule has 1 aliphatic heterocycles. The number of rotatable bonds is 6. The van der Waals surface area contributed by atoms with Crippen molar-refractivity contribution < 1.29 is 23.1 Å². The van der Waals surface area contributed by atoms with Gasteiger partial charge in [-0.3, -0.25) is 9.69 Å². The highest BCUT2D eigenvalue weighted by Crippen LogP contribution is 2.29. The van der Waals surface area contributed by atoms with Crippen LogP contribution in [-0.2, 0) is 10.3 Å². The summed E-state index contributed by atoms with van der Waals surface area (Å²) in [5.74, 6) is -1.88. The van der Waals surface area contributed by atoms with Crippen molar-refractivity contribution in [2.75, 3.05) is 13.2 Å². The van der Waals surface area contributed by atoms with Crippen LogP contribution in [0.3, 0.4) is 0 Å². The summed E-state index contributed by atoms with van der Waals surface area (Å²) in [6.07, 6.45) is 0.446. The second kappa shape index (κ2) is 7.11. The number of amides is 3. The molecule has 1 unspecified atom stereocenters. The molecule has 3 rings (SSSR count). The normalized spacial score (nSPS) is 19.6. The molecule has 0 bridgehead atoms. The summed E-state index contributed by atoms with van der Waals surface area (Å²) in [5, 5.41) is 2.56. The number of carbonyl (C=O) groups is 2. The van der Waals surface area contributed by atoms with Crippen LogP contribution in [-0.4, -0.2) is 30.0 Å². The first kappa shape index (κ1) is 17.8. The highest BCUT2D eigenvalue weighted by atomic mass is 19.2. The first-order valence-corrected chi connectivity index (χ1v) is 8.19. The van der Waals surface area contributed by atoms with Crippen LogP contribution < -0.4 is 10.1 Å². The fourth-order valence-corrected chi connectivity index (χ4v) is 2.83. The molecule has 1 aliphatic rings. The van der Waals surface area contributed by atoms with Gasteiger partial charge in [0.1, 0.15) is 11.3 Å². The Kier molecular flexibility index (Phi) is 4.88. The molecule has 2 aromatic carbocycles. The van der Waals surface area contributed by atoms with Crippen LogP contribution in [0.1, 0.15) is 18.9 Å². The highest BCUT2D eigenvalue weighted by molar-refractivity contribution is 6.07. The third kappa shape index (κ3) is 3.37. The first-order chi connectivity index (χ1) is 12.4. The van der Waals surface area contributed by atoms with Gasteiger partial charge < -0.3 is 10.1 Å². The number of benzene rings is 2. The van der Waals surface area contributed by atoms with Gasteiger partial charge in [0.05, 0.1) is 6.61 Å². The molecule has 0 aromatic heterocycles. The number of urea groups is 1. The minimum absolute atomic E-state index is 0.163. The molecule has 5 nitrogen and oxygen atoms in total. The van der Waals surface area contributed by atoms with Crippen molar-refractivity contribution >= 4 is 11.9 Å². The monoisotopic (exact) mass is 360 g/mol. The number of nitrogens with zero attached hydrogens (tertiary/aromatic N) is 1. The molecule has 136 valence electrons. The minimum atomic E-state index is -1.42. The Labute approximate surface area is 149 Å². The number of para-hydroxylation sites is 1. The van der Waals surface area contributed by atoms with Gasteiger partial charge in [0.15, 0.2) is 11.6 Å². The molecule has 0 aliphatic carbocycles. The van der Waals surface area contributed by atoms with Gasteiger partial charge in [0.2, 0.25) is 0 Å². The van der Waals surface area contributed by atoms with Crippen molar-refractivity contribution in [1.29, 1.82) is 0 Å². The van der Waals surface area contributed by atoms with Crippen molar-refractivity contribution in [3.8, 4) is 5.75 Å². The number of nitrogens with one attached hydrogen (secondary N) is 1. The van der Waals surface area contributed by atoms with Gasteiger partial charge in [-0.2, -0.15) is 0 Å². The van der Waals surface area contributed by atoms with Crippen LogP contribution in [0.25, 0.3) is 0 Å². The van der Waals surface area contributed by atoms with Crippen molar-refractivity contribution in [3.05, 3.63) is 65.7 Å². The van der Waals surface area contributed by atoms with Gasteiger partial charge in [0, 0.05) is 6.54 Å². The Bertz CT molecular complexity index is 829. The number of imide groups is 1. The Hall–Kier alpha value is -2.96. The van der Waals surface area contributed by atoms with Gasteiger partial charge in [-0.05, 0) is 43.2 Å². The van der Waals surface area contributed by atoms with E-state index < -0.39 is 29.1 Å². The molecule has 0 saturated carbocycles. The molecule has 3 amide bonds. The summed E-state index contributed by atoms with van der Waals surface area (Å²) in [6, 6.07) is 11.8. The molecule has 2 aromatic rings. The summed E-state index contributed by atoms with van der Waals surface area (Å²) < 4.78 is 32.2. The largest absolute Gasteiger partial charge is 0.494 e. The fourth-order valence-electron chi connectivity index (χ4n) is 2.83. The smallest absolute Gasteiger partial charge is 0.325 e. The van der Waals surface area contributed by atoms with Crippen LogP contribution in [0, 0.1) is 11.6 Å². The maximum atomic E-state index is 13.5. The molecular formula is C19H18F2N2O3. The average molecular weight is 360 g/mol. The molecule has 7 heteroatoms. The van der Waals surface area contributed by atoms with Gasteiger partial charge in [0.25, 0.3) is 5.91 Å². The van der Waals surface area contributed by atoms with E-state index in [-0.39, 0.29) is 12.1 Å². The zero-order valence-electron chi connectivity index (χ0n) is 14.2. The standard InChI is InChI=1S/C19H18F2N2O3/c1-19(13-8-9-15(20)16(21)12-13)17(24)23(18(25)22-19)10-5-11-26-14-6-3-2-4-7-14/h2-4,6-9,12H,5,10-11H2,1H3,(H,22,25). The van der Waals surface area contributed by atoms with Gasteiger partial charge in [-0.25, -0.2) is 13.6 Å². The fraction of sp³-hybridized carbons (Fsp3) is 0.263. The van der Waals surface area contributed by atoms with Crippen LogP contribution in [0.5, 0.6) is 5.75 Å². The van der Waals surface area contributed by atoms with E-state index in [9.17, 15) is 18.4 Å². The van der Waals surface area contributed by atoms with E-state index in [1.54, 1.807) is 0 Å². The Morgan fingerprint density at radius 2 is 1.81 bits per heavy atom. The van der Waals surface area contributed by atoms with Crippen LogP contribution >= 0.6 is 0 Å². The number of ether oxygens (including phenoxy) is 1. The summed E-state index contributed by atoms with van der Waals surface area (Å²) in [5.41, 5.74) is -1.23. The van der Waals surface area contributed by atoms with Crippen molar-refractivity contribution in [3.63, 3.8) is 0 Å². The zero-order chi connectivity index (χ0) is 18.7. The van der Waals surface area contributed by atoms with Gasteiger partial charge in [-0.15, -0.1) is 0 Å². The van der Waals surface area contributed by atoms with Gasteiger partial charge >= 0.3 is 6.03 Å². The molecule has 1 saturated heterocycles. The first-order valence-electron chi connectivity index (χ1n) is 8.19. The van der Waals surface area contributed by atoms with E-state index >= 15 is 0 Å². The second-order valence-electron chi connectivity index (χ2n) is 6.16. The van der Waals surface area contributed by atoms with Crippen LogP contribution in [0.2, 0.25) is 0 Å². The van der Waals surface area contributed by atoms with Gasteiger partial charge in [-0.1, -0.05) is 24.3 Å².